The Morgan fingerprint density at radius 3 is 2.58 bits per heavy atom. The molecule has 3 aromatic rings. The molecule has 1 aromatic heterocycles. The Kier molecular flexibility index (Phi) is 2.84. The molecule has 0 saturated heterocycles. The molecule has 0 saturated carbocycles. The van der Waals surface area contributed by atoms with Crippen LogP contribution in [0.4, 0.5) is 4.39 Å². The van der Waals surface area contributed by atoms with Crippen LogP contribution in [0.3, 0.4) is 0 Å². The molecule has 0 amide bonds. The van der Waals surface area contributed by atoms with E-state index in [1.807, 2.05) is 0 Å². The van der Waals surface area contributed by atoms with Crippen molar-refractivity contribution in [2.24, 2.45) is 0 Å². The Morgan fingerprint density at radius 2 is 1.84 bits per heavy atom. The molecule has 2 aromatic carbocycles. The normalized spacial score (nSPS) is 10.8. The molecular formula is C15H9ClFNO. The number of ketones is 1. The van der Waals surface area contributed by atoms with Gasteiger partial charge in [0.1, 0.15) is 5.82 Å². The van der Waals surface area contributed by atoms with Crippen molar-refractivity contribution in [3.63, 3.8) is 0 Å². The number of H-pyrrole nitrogens is 1. The number of carbonyl (C=O) groups is 1. The number of aromatic amines is 1. The lowest BCUT2D eigenvalue weighted by molar-refractivity contribution is 0.104. The Bertz CT molecular complexity index is 761. The summed E-state index contributed by atoms with van der Waals surface area (Å²) in [5.74, 6) is -0.635. The molecule has 19 heavy (non-hydrogen) atoms. The van der Waals surface area contributed by atoms with Crippen molar-refractivity contribution in [1.82, 2.24) is 4.98 Å². The molecule has 1 N–H and O–H groups in total. The Morgan fingerprint density at radius 1 is 1.11 bits per heavy atom. The van der Waals surface area contributed by atoms with Gasteiger partial charge in [-0.3, -0.25) is 4.79 Å². The summed E-state index contributed by atoms with van der Waals surface area (Å²) in [6, 6.07) is 11.2. The average Bonchev–Trinajstić information content (AvgIpc) is 2.84. The van der Waals surface area contributed by atoms with Gasteiger partial charge in [-0.2, -0.15) is 0 Å². The molecule has 0 aliphatic carbocycles. The van der Waals surface area contributed by atoms with Crippen molar-refractivity contribution in [2.45, 2.75) is 0 Å². The third-order valence-electron chi connectivity index (χ3n) is 3.01. The van der Waals surface area contributed by atoms with E-state index in [-0.39, 0.29) is 5.78 Å². The van der Waals surface area contributed by atoms with Crippen LogP contribution < -0.4 is 0 Å². The Labute approximate surface area is 113 Å². The van der Waals surface area contributed by atoms with E-state index in [0.29, 0.717) is 27.1 Å². The topological polar surface area (TPSA) is 32.9 Å². The van der Waals surface area contributed by atoms with Crippen LogP contribution in [0.15, 0.2) is 48.7 Å². The summed E-state index contributed by atoms with van der Waals surface area (Å²) in [5.41, 5.74) is 1.42. The summed E-state index contributed by atoms with van der Waals surface area (Å²) >= 11 is 5.78. The Balaban J connectivity index is 2.14. The smallest absolute Gasteiger partial charge is 0.195 e. The lowest BCUT2D eigenvalue weighted by Gasteiger charge is -2.00. The SMILES string of the molecule is O=C(c1ccc(Cl)cc1)c1c[nH]c2cccc(F)c12. The number of benzene rings is 2. The minimum absolute atomic E-state index is 0.229. The van der Waals surface area contributed by atoms with E-state index in [9.17, 15) is 9.18 Å². The van der Waals surface area contributed by atoms with Gasteiger partial charge >= 0.3 is 0 Å². The predicted octanol–water partition coefficient (Wildman–Crippen LogP) is 4.19. The molecule has 0 unspecified atom stereocenters. The van der Waals surface area contributed by atoms with E-state index in [1.165, 1.54) is 12.3 Å². The first-order valence-electron chi connectivity index (χ1n) is 5.72. The first kappa shape index (κ1) is 11.9. The third-order valence-corrected chi connectivity index (χ3v) is 3.26. The lowest BCUT2D eigenvalue weighted by Crippen LogP contribution is -2.00. The first-order valence-corrected chi connectivity index (χ1v) is 6.10. The van der Waals surface area contributed by atoms with Crippen LogP contribution in [-0.4, -0.2) is 10.8 Å². The zero-order chi connectivity index (χ0) is 13.4. The van der Waals surface area contributed by atoms with Gasteiger partial charge in [0.15, 0.2) is 5.78 Å². The zero-order valence-electron chi connectivity index (χ0n) is 9.78. The van der Waals surface area contributed by atoms with E-state index in [0.717, 1.165) is 0 Å². The monoisotopic (exact) mass is 273 g/mol. The Hall–Kier alpha value is -2.13. The summed E-state index contributed by atoms with van der Waals surface area (Å²) < 4.78 is 13.8. The van der Waals surface area contributed by atoms with Crippen LogP contribution in [0.5, 0.6) is 0 Å². The molecule has 0 aliphatic heterocycles. The largest absolute Gasteiger partial charge is 0.360 e. The summed E-state index contributed by atoms with van der Waals surface area (Å²) in [5, 5.41) is 0.879. The minimum Gasteiger partial charge on any atom is -0.360 e. The quantitative estimate of drug-likeness (QED) is 0.698. The highest BCUT2D eigenvalue weighted by Crippen LogP contribution is 2.24. The second-order valence-corrected chi connectivity index (χ2v) is 4.64. The van der Waals surface area contributed by atoms with E-state index in [1.54, 1.807) is 36.4 Å². The maximum Gasteiger partial charge on any atom is 0.195 e. The number of rotatable bonds is 2. The van der Waals surface area contributed by atoms with Crippen molar-refractivity contribution >= 4 is 28.3 Å². The molecular weight excluding hydrogens is 265 g/mol. The van der Waals surface area contributed by atoms with Crippen LogP contribution in [-0.2, 0) is 0 Å². The van der Waals surface area contributed by atoms with E-state index in [4.69, 9.17) is 11.6 Å². The highest BCUT2D eigenvalue weighted by molar-refractivity contribution is 6.30. The summed E-state index contributed by atoms with van der Waals surface area (Å²) in [4.78, 5) is 15.3. The minimum atomic E-state index is -0.406. The summed E-state index contributed by atoms with van der Waals surface area (Å²) in [6.45, 7) is 0. The van der Waals surface area contributed by atoms with Gasteiger partial charge in [0.2, 0.25) is 0 Å². The van der Waals surface area contributed by atoms with Crippen molar-refractivity contribution < 1.29 is 9.18 Å². The molecule has 1 heterocycles. The fraction of sp³-hybridized carbons (Fsp3) is 0. The maximum absolute atomic E-state index is 13.8. The van der Waals surface area contributed by atoms with Crippen molar-refractivity contribution in [3.05, 3.63) is 70.6 Å². The van der Waals surface area contributed by atoms with Gasteiger partial charge in [-0.1, -0.05) is 17.7 Å². The number of aromatic nitrogens is 1. The van der Waals surface area contributed by atoms with Crippen molar-refractivity contribution in [1.29, 1.82) is 0 Å². The van der Waals surface area contributed by atoms with Crippen LogP contribution in [0.25, 0.3) is 10.9 Å². The molecule has 2 nitrogen and oxygen atoms in total. The first-order chi connectivity index (χ1) is 9.16. The number of fused-ring (bicyclic) bond motifs is 1. The second-order valence-electron chi connectivity index (χ2n) is 4.20. The van der Waals surface area contributed by atoms with Gasteiger partial charge in [-0.25, -0.2) is 4.39 Å². The standard InChI is InChI=1S/C15H9ClFNO/c16-10-6-4-9(5-7-10)15(19)11-8-18-13-3-1-2-12(17)14(11)13/h1-8,18H. The van der Waals surface area contributed by atoms with E-state index >= 15 is 0 Å². The molecule has 4 heteroatoms. The fourth-order valence-corrected chi connectivity index (χ4v) is 2.20. The van der Waals surface area contributed by atoms with Gasteiger partial charge in [0, 0.05) is 27.7 Å². The lowest BCUT2D eigenvalue weighted by atomic mass is 10.0. The van der Waals surface area contributed by atoms with E-state index in [2.05, 4.69) is 4.98 Å². The average molecular weight is 274 g/mol. The number of hydrogen-bond donors (Lipinski definition) is 1. The number of halogens is 2. The van der Waals surface area contributed by atoms with Gasteiger partial charge in [-0.05, 0) is 36.4 Å². The summed E-state index contributed by atoms with van der Waals surface area (Å²) in [6.07, 6.45) is 1.53. The predicted molar refractivity (Wildman–Crippen MR) is 73.1 cm³/mol. The number of carbonyl (C=O) groups excluding carboxylic acids is 1. The molecule has 0 radical (unpaired) electrons. The molecule has 0 fully saturated rings. The van der Waals surface area contributed by atoms with Crippen LogP contribution in [0, 0.1) is 5.82 Å². The number of nitrogens with one attached hydrogen (secondary N) is 1. The van der Waals surface area contributed by atoms with Crippen LogP contribution in [0.2, 0.25) is 5.02 Å². The molecule has 0 bridgehead atoms. The highest BCUT2D eigenvalue weighted by Gasteiger charge is 2.16. The zero-order valence-corrected chi connectivity index (χ0v) is 10.5. The van der Waals surface area contributed by atoms with Gasteiger partial charge in [-0.15, -0.1) is 0 Å². The third kappa shape index (κ3) is 2.02. The van der Waals surface area contributed by atoms with Crippen molar-refractivity contribution in [2.75, 3.05) is 0 Å². The maximum atomic E-state index is 13.8. The molecule has 0 aliphatic rings. The fourth-order valence-electron chi connectivity index (χ4n) is 2.08. The molecule has 0 atom stereocenters. The molecule has 0 spiro atoms. The summed E-state index contributed by atoms with van der Waals surface area (Å²) in [7, 11) is 0. The van der Waals surface area contributed by atoms with Crippen molar-refractivity contribution in [3.8, 4) is 0 Å². The van der Waals surface area contributed by atoms with Crippen LogP contribution >= 0.6 is 11.6 Å². The molecule has 3 rings (SSSR count). The second kappa shape index (κ2) is 4.52. The number of hydrogen-bond acceptors (Lipinski definition) is 1. The molecule has 94 valence electrons. The van der Waals surface area contributed by atoms with Gasteiger partial charge < -0.3 is 4.98 Å². The van der Waals surface area contributed by atoms with Gasteiger partial charge in [0.25, 0.3) is 0 Å². The highest BCUT2D eigenvalue weighted by atomic mass is 35.5. The van der Waals surface area contributed by atoms with Crippen LogP contribution in [0.1, 0.15) is 15.9 Å². The van der Waals surface area contributed by atoms with Gasteiger partial charge in [0.05, 0.1) is 5.56 Å². The van der Waals surface area contributed by atoms with E-state index < -0.39 is 5.82 Å².